The zero-order valence-corrected chi connectivity index (χ0v) is 72.1. The van der Waals surface area contributed by atoms with Gasteiger partial charge in [0.25, 0.3) is 0 Å². The van der Waals surface area contributed by atoms with Crippen LogP contribution in [0.15, 0.2) is 0 Å². The smallest absolute Gasteiger partial charge is 0.462 e. The van der Waals surface area contributed by atoms with Crippen LogP contribution in [0, 0.1) is 5.92 Å². The number of aliphatic hydroxyl groups is 1. The quantitative estimate of drug-likeness (QED) is 0.0222. The van der Waals surface area contributed by atoms with Gasteiger partial charge in [-0.25, -0.2) is 9.13 Å². The Hall–Kier alpha value is -1.94. The lowest BCUT2D eigenvalue weighted by Gasteiger charge is -2.21. The van der Waals surface area contributed by atoms with E-state index < -0.39 is 97.5 Å². The van der Waals surface area contributed by atoms with Crippen molar-refractivity contribution in [1.29, 1.82) is 0 Å². The fourth-order valence-electron chi connectivity index (χ4n) is 13.8. The molecule has 0 bridgehead atoms. The number of hydrogen-bond donors (Lipinski definition) is 3. The molecular weight excluding hydrogens is 1390 g/mol. The van der Waals surface area contributed by atoms with Gasteiger partial charge in [0.15, 0.2) is 12.2 Å². The molecule has 5 atom stereocenters. The molecule has 107 heavy (non-hydrogen) atoms. The number of hydrogen-bond acceptors (Lipinski definition) is 15. The molecule has 2 unspecified atom stereocenters. The maximum absolute atomic E-state index is 13.2. The first-order valence-corrected chi connectivity index (χ1v) is 48.6. The Kier molecular flexibility index (Phi) is 79.2. The van der Waals surface area contributed by atoms with E-state index in [2.05, 4.69) is 34.6 Å². The third kappa shape index (κ3) is 81.9. The molecule has 0 aromatic carbocycles. The number of aliphatic hydroxyl groups excluding tert-OH is 1. The summed E-state index contributed by atoms with van der Waals surface area (Å²) < 4.78 is 69.0. The maximum Gasteiger partial charge on any atom is 0.472 e. The van der Waals surface area contributed by atoms with E-state index in [4.69, 9.17) is 37.0 Å². The Labute approximate surface area is 658 Å². The Morgan fingerprint density at radius 3 is 0.636 bits per heavy atom. The molecule has 0 saturated heterocycles. The highest BCUT2D eigenvalue weighted by Gasteiger charge is 2.30. The summed E-state index contributed by atoms with van der Waals surface area (Å²) in [6.45, 7) is 7.38. The first kappa shape index (κ1) is 105. The predicted octanol–water partition coefficient (Wildman–Crippen LogP) is 27.2. The van der Waals surface area contributed by atoms with Gasteiger partial charge in [0.1, 0.15) is 19.3 Å². The van der Waals surface area contributed by atoms with Crippen LogP contribution >= 0.6 is 15.6 Å². The Bertz CT molecular complexity index is 2030. The maximum atomic E-state index is 13.2. The van der Waals surface area contributed by atoms with Crippen molar-refractivity contribution in [2.24, 2.45) is 5.92 Å². The molecule has 3 N–H and O–H groups in total. The minimum absolute atomic E-state index is 0.108. The number of rotatable bonds is 88. The summed E-state index contributed by atoms with van der Waals surface area (Å²) in [5.41, 5.74) is 0. The summed E-state index contributed by atoms with van der Waals surface area (Å²) in [6, 6.07) is 0. The first-order valence-electron chi connectivity index (χ1n) is 45.6. The number of esters is 4. The summed E-state index contributed by atoms with van der Waals surface area (Å²) in [4.78, 5) is 73.3. The van der Waals surface area contributed by atoms with E-state index in [1.54, 1.807) is 0 Å². The van der Waals surface area contributed by atoms with Crippen molar-refractivity contribution in [3.63, 3.8) is 0 Å². The topological polar surface area (TPSA) is 237 Å². The molecule has 0 aliphatic carbocycles. The first-order chi connectivity index (χ1) is 52.0. The standard InChI is InChI=1S/C88H172O17P2/c1-6-9-12-15-18-21-24-26-28-30-32-33-34-36-38-40-42-48-53-58-63-68-73-87(92)104-84(78-99-86(91)72-67-62-57-52-47-41-39-37-35-31-29-27-25-22-19-16-13-10-7-2)80-103-107(96,97)101-76-82(89)75-100-106(94,95)102-79-83(77-98-85(90)71-66-61-56-51-45-23-20-17-14-11-8-3)105-88(93)74-69-64-59-54-49-44-43-46-50-55-60-65-70-81(4)5/h81-84,89H,6-80H2,1-5H3,(H,94,95)(H,96,97)/t82-,83+,84+/m0/s1. The second kappa shape index (κ2) is 80.7. The molecule has 0 saturated carbocycles. The molecule has 0 aromatic rings. The lowest BCUT2D eigenvalue weighted by atomic mass is 10.0. The van der Waals surface area contributed by atoms with Crippen molar-refractivity contribution in [3.05, 3.63) is 0 Å². The molecule has 0 heterocycles. The van der Waals surface area contributed by atoms with Gasteiger partial charge >= 0.3 is 39.5 Å². The van der Waals surface area contributed by atoms with E-state index >= 15 is 0 Å². The van der Waals surface area contributed by atoms with Gasteiger partial charge in [0, 0.05) is 25.7 Å². The Morgan fingerprint density at radius 2 is 0.430 bits per heavy atom. The van der Waals surface area contributed by atoms with Crippen LogP contribution < -0.4 is 0 Å². The molecular formula is C88H172O17P2. The number of carbonyl (C=O) groups is 4. The van der Waals surface area contributed by atoms with Gasteiger partial charge in [-0.3, -0.25) is 37.3 Å². The fraction of sp³-hybridized carbons (Fsp3) is 0.955. The van der Waals surface area contributed by atoms with E-state index in [1.165, 1.54) is 302 Å². The lowest BCUT2D eigenvalue weighted by molar-refractivity contribution is -0.161. The van der Waals surface area contributed by atoms with Crippen LogP contribution in [0.1, 0.15) is 478 Å². The van der Waals surface area contributed by atoms with E-state index in [0.717, 1.165) is 95.8 Å². The zero-order chi connectivity index (χ0) is 78.3. The Balaban J connectivity index is 5.22. The van der Waals surface area contributed by atoms with E-state index in [0.29, 0.717) is 25.7 Å². The highest BCUT2D eigenvalue weighted by Crippen LogP contribution is 2.45. The second-order valence-corrected chi connectivity index (χ2v) is 35.0. The van der Waals surface area contributed by atoms with Crippen molar-refractivity contribution >= 4 is 39.5 Å². The molecule has 0 aliphatic heterocycles. The summed E-state index contributed by atoms with van der Waals surface area (Å²) in [5, 5.41) is 10.7. The van der Waals surface area contributed by atoms with Crippen LogP contribution in [-0.2, 0) is 65.4 Å². The molecule has 0 rings (SSSR count). The minimum Gasteiger partial charge on any atom is -0.462 e. The van der Waals surface area contributed by atoms with Crippen LogP contribution in [0.2, 0.25) is 0 Å². The van der Waals surface area contributed by atoms with Crippen molar-refractivity contribution in [1.82, 2.24) is 0 Å². The summed E-state index contributed by atoms with van der Waals surface area (Å²) in [7, 11) is -9.93. The highest BCUT2D eigenvalue weighted by atomic mass is 31.2. The average molecular weight is 1560 g/mol. The zero-order valence-electron chi connectivity index (χ0n) is 70.3. The number of carbonyl (C=O) groups excluding carboxylic acids is 4. The van der Waals surface area contributed by atoms with E-state index in [1.807, 2.05) is 0 Å². The molecule has 19 heteroatoms. The number of phosphoric ester groups is 2. The molecule has 0 aromatic heterocycles. The van der Waals surface area contributed by atoms with Crippen LogP contribution in [0.3, 0.4) is 0 Å². The van der Waals surface area contributed by atoms with Gasteiger partial charge < -0.3 is 33.8 Å². The summed E-state index contributed by atoms with van der Waals surface area (Å²) >= 11 is 0. The predicted molar refractivity (Wildman–Crippen MR) is 442 cm³/mol. The number of ether oxygens (including phenoxy) is 4. The average Bonchev–Trinajstić information content (AvgIpc) is 0.903. The molecule has 0 radical (unpaired) electrons. The van der Waals surface area contributed by atoms with Crippen LogP contribution in [0.4, 0.5) is 0 Å². The number of unbranched alkanes of at least 4 members (excludes halogenated alkanes) is 60. The van der Waals surface area contributed by atoms with Crippen molar-refractivity contribution in [2.45, 2.75) is 496 Å². The van der Waals surface area contributed by atoms with Gasteiger partial charge in [-0.15, -0.1) is 0 Å². The third-order valence-corrected chi connectivity index (χ3v) is 22.7. The minimum atomic E-state index is -4.97. The van der Waals surface area contributed by atoms with Gasteiger partial charge in [0.2, 0.25) is 0 Å². The molecule has 0 fully saturated rings. The second-order valence-electron chi connectivity index (χ2n) is 32.1. The molecule has 636 valence electrons. The highest BCUT2D eigenvalue weighted by molar-refractivity contribution is 7.47. The molecule has 0 spiro atoms. The lowest BCUT2D eigenvalue weighted by Crippen LogP contribution is -2.30. The van der Waals surface area contributed by atoms with Crippen molar-refractivity contribution < 1.29 is 80.2 Å². The molecule has 17 nitrogen and oxygen atoms in total. The third-order valence-electron chi connectivity index (χ3n) is 20.8. The normalized spacial score (nSPS) is 13.7. The van der Waals surface area contributed by atoms with Gasteiger partial charge in [0.05, 0.1) is 26.4 Å². The Morgan fingerprint density at radius 1 is 0.252 bits per heavy atom. The summed E-state index contributed by atoms with van der Waals surface area (Å²) in [6.07, 6.45) is 75.1. The summed E-state index contributed by atoms with van der Waals surface area (Å²) in [5.74, 6) is -1.32. The monoisotopic (exact) mass is 1560 g/mol. The number of phosphoric acid groups is 2. The SMILES string of the molecule is CCCCCCCCCCCCCCCCCCCCCCCCC(=O)O[C@H](COC(=O)CCCCCCCCCCCCCCCCCCCCC)COP(=O)(O)OC[C@@H](O)COP(=O)(O)OC[C@@H](COC(=O)CCCCCCCCCCCCC)OC(=O)CCCCCCCCCCCCCCC(C)C. The van der Waals surface area contributed by atoms with Crippen LogP contribution in [0.25, 0.3) is 0 Å². The largest absolute Gasteiger partial charge is 0.472 e. The van der Waals surface area contributed by atoms with Crippen molar-refractivity contribution in [3.8, 4) is 0 Å². The van der Waals surface area contributed by atoms with Crippen LogP contribution in [0.5, 0.6) is 0 Å². The van der Waals surface area contributed by atoms with E-state index in [-0.39, 0.29) is 25.7 Å². The van der Waals surface area contributed by atoms with Gasteiger partial charge in [-0.1, -0.05) is 426 Å². The van der Waals surface area contributed by atoms with E-state index in [9.17, 15) is 43.2 Å². The van der Waals surface area contributed by atoms with Gasteiger partial charge in [-0.2, -0.15) is 0 Å². The van der Waals surface area contributed by atoms with Crippen LogP contribution in [-0.4, -0.2) is 96.7 Å². The fourth-order valence-corrected chi connectivity index (χ4v) is 15.4. The van der Waals surface area contributed by atoms with Gasteiger partial charge in [-0.05, 0) is 31.6 Å². The molecule has 0 amide bonds. The van der Waals surface area contributed by atoms with Crippen molar-refractivity contribution in [2.75, 3.05) is 39.6 Å². The molecule has 0 aliphatic rings.